The van der Waals surface area contributed by atoms with E-state index in [9.17, 15) is 23.7 Å². The summed E-state index contributed by atoms with van der Waals surface area (Å²) in [6.45, 7) is 3.43. The van der Waals surface area contributed by atoms with E-state index in [2.05, 4.69) is 5.32 Å². The smallest absolute Gasteiger partial charge is 0.218 e. The number of hydrogen-bond acceptors (Lipinski definition) is 10. The Morgan fingerprint density at radius 1 is 1.24 bits per heavy atom. The Kier molecular flexibility index (Phi) is 10.1. The second-order valence-electron chi connectivity index (χ2n) is 10.7. The van der Waals surface area contributed by atoms with Crippen LogP contribution in [-0.2, 0) is 20.5 Å². The number of hydrogen-bond donors (Lipinski definition) is 5. The Morgan fingerprint density at radius 2 is 1.95 bits per heavy atom. The maximum Gasteiger partial charge on any atom is 0.218 e. The van der Waals surface area contributed by atoms with Crippen LogP contribution in [0.2, 0.25) is 5.02 Å². The zero-order chi connectivity index (χ0) is 30.8. The summed E-state index contributed by atoms with van der Waals surface area (Å²) in [5, 5.41) is 31.9. The monoisotopic (exact) mass is 643 g/mol. The summed E-state index contributed by atoms with van der Waals surface area (Å²) >= 11 is 7.48. The number of anilines is 2. The molecular formula is C28H35ClFN3O7S2. The van der Waals surface area contributed by atoms with Gasteiger partial charge in [0.05, 0.1) is 16.3 Å². The molecule has 0 radical (unpaired) electrons. The van der Waals surface area contributed by atoms with Gasteiger partial charge in [-0.15, -0.1) is 11.3 Å². The number of nitrogen functional groups attached to an aromatic ring is 1. The highest BCUT2D eigenvalue weighted by molar-refractivity contribution is 7.88. The quantitative estimate of drug-likeness (QED) is 0.152. The van der Waals surface area contributed by atoms with Crippen molar-refractivity contribution in [3.05, 3.63) is 63.7 Å². The number of nitrogens with one attached hydrogen (secondary N) is 1. The maximum atomic E-state index is 15.9. The van der Waals surface area contributed by atoms with E-state index >= 15 is 4.39 Å². The predicted octanol–water partition coefficient (Wildman–Crippen LogP) is 4.30. The first kappa shape index (κ1) is 32.4. The first-order valence-electron chi connectivity index (χ1n) is 13.2. The van der Waals surface area contributed by atoms with Crippen LogP contribution in [0.3, 0.4) is 0 Å². The summed E-state index contributed by atoms with van der Waals surface area (Å²) in [4.78, 5) is 0.401. The largest absolute Gasteiger partial charge is 0.485 e. The molecule has 1 aliphatic rings. The van der Waals surface area contributed by atoms with Crippen LogP contribution in [0.4, 0.5) is 15.8 Å². The third kappa shape index (κ3) is 7.17. The van der Waals surface area contributed by atoms with Gasteiger partial charge in [0.25, 0.3) is 0 Å². The van der Waals surface area contributed by atoms with Gasteiger partial charge in [0.15, 0.2) is 24.1 Å². The molecule has 0 aliphatic carbocycles. The average Bonchev–Trinajstić information content (AvgIpc) is 3.23. The number of rotatable bonds is 11. The van der Waals surface area contributed by atoms with Crippen molar-refractivity contribution < 1.29 is 37.6 Å². The topological polar surface area (TPSA) is 155 Å². The minimum Gasteiger partial charge on any atom is -0.485 e. The highest BCUT2D eigenvalue weighted by Gasteiger charge is 2.41. The van der Waals surface area contributed by atoms with Crippen LogP contribution in [0.5, 0.6) is 5.75 Å². The number of piperidine rings is 1. The molecule has 0 saturated carbocycles. The molecule has 0 bridgehead atoms. The summed E-state index contributed by atoms with van der Waals surface area (Å²) in [5.74, 6) is -0.798. The number of nitrogens with two attached hydrogens (primary N) is 1. The van der Waals surface area contributed by atoms with Gasteiger partial charge in [-0.2, -0.15) is 4.31 Å². The minimum atomic E-state index is -3.65. The van der Waals surface area contributed by atoms with Crippen molar-refractivity contribution in [3.63, 3.8) is 0 Å². The van der Waals surface area contributed by atoms with Gasteiger partial charge in [-0.1, -0.05) is 35.9 Å². The molecule has 230 valence electrons. The molecule has 10 nitrogen and oxygen atoms in total. The molecule has 1 fully saturated rings. The number of sulfonamides is 1. The summed E-state index contributed by atoms with van der Waals surface area (Å²) in [6, 6.07) is 11.3. The van der Waals surface area contributed by atoms with Crippen LogP contribution < -0.4 is 15.8 Å². The third-order valence-corrected chi connectivity index (χ3v) is 10.8. The van der Waals surface area contributed by atoms with Crippen molar-refractivity contribution in [1.29, 1.82) is 0 Å². The zero-order valence-corrected chi connectivity index (χ0v) is 25.8. The first-order chi connectivity index (χ1) is 19.7. The maximum absolute atomic E-state index is 15.9. The standard InChI is InChI=1S/C28H35ClFN3O7S2/c1-28(2)13-18(10-11-33(28)42(37,38)15-16-6-4-7-17(31)12-16)32-20-9-5-8-19(23(20)30)25-22(29)24(40-14-21(34)35)26(41-25)27(36)39-3/h4-9,12,18,21,27,32,34-36H,10-11,13-15,31H2,1-3H3/t18-,27?/m1/s1. The number of ether oxygens (including phenoxy) is 2. The fourth-order valence-corrected chi connectivity index (χ4v) is 8.70. The average molecular weight is 644 g/mol. The van der Waals surface area contributed by atoms with Crippen LogP contribution in [0.1, 0.15) is 43.4 Å². The van der Waals surface area contributed by atoms with Gasteiger partial charge in [0, 0.05) is 36.5 Å². The lowest BCUT2D eigenvalue weighted by Crippen LogP contribution is -2.55. The van der Waals surface area contributed by atoms with Gasteiger partial charge in [0.2, 0.25) is 10.0 Å². The lowest BCUT2D eigenvalue weighted by molar-refractivity contribution is -0.0816. The summed E-state index contributed by atoms with van der Waals surface area (Å²) < 4.78 is 54.5. The van der Waals surface area contributed by atoms with Crippen LogP contribution in [0.25, 0.3) is 10.4 Å². The second kappa shape index (κ2) is 13.0. The van der Waals surface area contributed by atoms with Gasteiger partial charge in [0.1, 0.15) is 16.5 Å². The molecule has 2 aromatic carbocycles. The van der Waals surface area contributed by atoms with Gasteiger partial charge >= 0.3 is 0 Å². The van der Waals surface area contributed by atoms with E-state index in [1.54, 1.807) is 36.4 Å². The Hall–Kier alpha value is -2.49. The van der Waals surface area contributed by atoms with Crippen molar-refractivity contribution >= 4 is 44.3 Å². The van der Waals surface area contributed by atoms with E-state index in [0.717, 1.165) is 11.3 Å². The number of halogens is 2. The number of aliphatic hydroxyl groups excluding tert-OH is 2. The molecule has 1 aliphatic heterocycles. The molecule has 3 aromatic rings. The van der Waals surface area contributed by atoms with Gasteiger partial charge < -0.3 is 35.8 Å². The van der Waals surface area contributed by atoms with Gasteiger partial charge in [-0.05, 0) is 50.5 Å². The van der Waals surface area contributed by atoms with Crippen molar-refractivity contribution in [2.45, 2.75) is 56.6 Å². The van der Waals surface area contributed by atoms with Crippen molar-refractivity contribution in [1.82, 2.24) is 4.31 Å². The number of methoxy groups -OCH3 is 1. The third-order valence-electron chi connectivity index (χ3n) is 7.00. The molecule has 1 saturated heterocycles. The Bertz CT molecular complexity index is 1520. The van der Waals surface area contributed by atoms with Crippen LogP contribution in [0.15, 0.2) is 42.5 Å². The molecule has 14 heteroatoms. The normalized spacial score (nSPS) is 18.3. The minimum absolute atomic E-state index is 0.0115. The van der Waals surface area contributed by atoms with E-state index in [0.29, 0.717) is 24.1 Å². The van der Waals surface area contributed by atoms with Crippen molar-refractivity contribution in [2.24, 2.45) is 0 Å². The van der Waals surface area contributed by atoms with Crippen LogP contribution in [0, 0.1) is 5.82 Å². The summed E-state index contributed by atoms with van der Waals surface area (Å²) in [6.07, 6.45) is -2.34. The summed E-state index contributed by atoms with van der Waals surface area (Å²) in [5.41, 5.74) is 6.54. The number of thiophene rings is 1. The Labute approximate surface area is 253 Å². The molecule has 1 unspecified atom stereocenters. The molecule has 2 heterocycles. The molecular weight excluding hydrogens is 609 g/mol. The highest BCUT2D eigenvalue weighted by atomic mass is 35.5. The highest BCUT2D eigenvalue weighted by Crippen LogP contribution is 2.49. The van der Waals surface area contributed by atoms with E-state index < -0.39 is 40.6 Å². The number of benzene rings is 2. The first-order valence-corrected chi connectivity index (χ1v) is 16.0. The van der Waals surface area contributed by atoms with E-state index in [1.807, 2.05) is 13.8 Å². The Morgan fingerprint density at radius 3 is 2.60 bits per heavy atom. The predicted molar refractivity (Wildman–Crippen MR) is 161 cm³/mol. The zero-order valence-electron chi connectivity index (χ0n) is 23.4. The fraction of sp³-hybridized carbons (Fsp3) is 0.429. The lowest BCUT2D eigenvalue weighted by Gasteiger charge is -2.45. The van der Waals surface area contributed by atoms with Crippen molar-refractivity contribution in [3.8, 4) is 16.2 Å². The molecule has 42 heavy (non-hydrogen) atoms. The SMILES string of the molecule is COC(O)c1sc(-c2cccc(N[C@@H]3CCN(S(=O)(=O)Cc4cccc(N)c4)C(C)(C)C3)c2F)c(Cl)c1OCC(O)O. The lowest BCUT2D eigenvalue weighted by atomic mass is 9.89. The molecule has 4 rings (SSSR count). The number of aliphatic hydroxyl groups is 3. The van der Waals surface area contributed by atoms with E-state index in [-0.39, 0.29) is 50.1 Å². The molecule has 1 aromatic heterocycles. The second-order valence-corrected chi connectivity index (χ2v) is 14.0. The molecule has 0 spiro atoms. The molecule has 0 amide bonds. The summed E-state index contributed by atoms with van der Waals surface area (Å²) in [7, 11) is -2.38. The van der Waals surface area contributed by atoms with Crippen LogP contribution in [-0.4, -0.2) is 66.2 Å². The van der Waals surface area contributed by atoms with Crippen LogP contribution >= 0.6 is 22.9 Å². The van der Waals surface area contributed by atoms with E-state index in [4.69, 9.17) is 26.8 Å². The van der Waals surface area contributed by atoms with Gasteiger partial charge in [-0.3, -0.25) is 0 Å². The van der Waals surface area contributed by atoms with Gasteiger partial charge in [-0.25, -0.2) is 12.8 Å². The Balaban J connectivity index is 1.54. The molecule has 2 atom stereocenters. The molecule has 6 N–H and O–H groups in total. The fourth-order valence-electron chi connectivity index (χ4n) is 5.18. The van der Waals surface area contributed by atoms with Crippen molar-refractivity contribution in [2.75, 3.05) is 31.3 Å². The van der Waals surface area contributed by atoms with E-state index in [1.165, 1.54) is 17.5 Å². The number of nitrogens with zero attached hydrogens (tertiary/aromatic N) is 1.